The van der Waals surface area contributed by atoms with Crippen LogP contribution in [0.3, 0.4) is 0 Å². The molecule has 0 unspecified atom stereocenters. The lowest BCUT2D eigenvalue weighted by Gasteiger charge is -2.29. The van der Waals surface area contributed by atoms with Crippen LogP contribution in [0.25, 0.3) is 22.9 Å². The number of nitrogens with zero attached hydrogens (tertiary/aromatic N) is 3. The number of hydrogen-bond acceptors (Lipinski definition) is 5. The number of anilines is 1. The molecule has 0 radical (unpaired) electrons. The van der Waals surface area contributed by atoms with Gasteiger partial charge < -0.3 is 14.1 Å². The van der Waals surface area contributed by atoms with Crippen molar-refractivity contribution >= 4 is 11.6 Å². The van der Waals surface area contributed by atoms with Gasteiger partial charge in [0.05, 0.1) is 0 Å². The fourth-order valence-corrected chi connectivity index (χ4v) is 3.75. The number of carbonyl (C=O) groups is 1. The Bertz CT molecular complexity index is 1190. The van der Waals surface area contributed by atoms with Crippen molar-refractivity contribution in [2.24, 2.45) is 0 Å². The van der Waals surface area contributed by atoms with Gasteiger partial charge in [0, 0.05) is 23.4 Å². The van der Waals surface area contributed by atoms with Gasteiger partial charge in [-0.15, -0.1) is 10.2 Å². The second kappa shape index (κ2) is 8.44. The predicted molar refractivity (Wildman–Crippen MR) is 118 cm³/mol. The molecule has 1 aliphatic heterocycles. The van der Waals surface area contributed by atoms with Gasteiger partial charge in [-0.3, -0.25) is 4.79 Å². The molecular weight excluding hydrogens is 390 g/mol. The van der Waals surface area contributed by atoms with Crippen molar-refractivity contribution in [1.82, 2.24) is 10.2 Å². The molecule has 6 heteroatoms. The zero-order chi connectivity index (χ0) is 21.0. The van der Waals surface area contributed by atoms with Crippen molar-refractivity contribution < 1.29 is 13.9 Å². The molecule has 0 saturated heterocycles. The summed E-state index contributed by atoms with van der Waals surface area (Å²) in [6.45, 7) is 0.714. The Labute approximate surface area is 180 Å². The monoisotopic (exact) mass is 411 g/mol. The number of aromatic nitrogens is 2. The fraction of sp³-hybridized carbons (Fsp3) is 0.160. The SMILES string of the molecule is O=C(COc1ccc(-c2nnc(-c3ccccc3)o2)cc1)N1CCCc2ccccc21. The summed E-state index contributed by atoms with van der Waals surface area (Å²) < 4.78 is 11.5. The van der Waals surface area contributed by atoms with Crippen LogP contribution in [0, 0.1) is 0 Å². The molecule has 0 atom stereocenters. The van der Waals surface area contributed by atoms with E-state index in [9.17, 15) is 4.79 Å². The first-order valence-electron chi connectivity index (χ1n) is 10.3. The molecule has 31 heavy (non-hydrogen) atoms. The van der Waals surface area contributed by atoms with E-state index in [1.807, 2.05) is 65.6 Å². The molecule has 6 nitrogen and oxygen atoms in total. The van der Waals surface area contributed by atoms with Crippen molar-refractivity contribution in [3.63, 3.8) is 0 Å². The lowest BCUT2D eigenvalue weighted by molar-refractivity contribution is -0.120. The molecule has 0 aliphatic carbocycles. The topological polar surface area (TPSA) is 68.5 Å². The number of aryl methyl sites for hydroxylation is 1. The molecule has 0 saturated carbocycles. The molecular formula is C25H21N3O3. The number of fused-ring (bicyclic) bond motifs is 1. The van der Waals surface area contributed by atoms with Crippen LogP contribution >= 0.6 is 0 Å². The molecule has 4 aromatic rings. The van der Waals surface area contributed by atoms with Gasteiger partial charge >= 0.3 is 0 Å². The number of carbonyl (C=O) groups excluding carboxylic acids is 1. The highest BCUT2D eigenvalue weighted by Gasteiger charge is 2.22. The first-order valence-corrected chi connectivity index (χ1v) is 10.3. The van der Waals surface area contributed by atoms with Gasteiger partial charge in [0.1, 0.15) is 5.75 Å². The van der Waals surface area contributed by atoms with E-state index in [0.717, 1.165) is 36.2 Å². The van der Waals surface area contributed by atoms with Crippen LogP contribution in [0.15, 0.2) is 83.3 Å². The third-order valence-corrected chi connectivity index (χ3v) is 5.32. The van der Waals surface area contributed by atoms with Gasteiger partial charge in [0.2, 0.25) is 11.8 Å². The predicted octanol–water partition coefficient (Wildman–Crippen LogP) is 4.76. The average Bonchev–Trinajstić information content (AvgIpc) is 3.33. The van der Waals surface area contributed by atoms with Crippen LogP contribution in [0.5, 0.6) is 5.75 Å². The van der Waals surface area contributed by atoms with Crippen LogP contribution in [-0.4, -0.2) is 29.3 Å². The molecule has 0 N–H and O–H groups in total. The zero-order valence-electron chi connectivity index (χ0n) is 16.9. The largest absolute Gasteiger partial charge is 0.484 e. The van der Waals surface area contributed by atoms with Crippen LogP contribution in [0.1, 0.15) is 12.0 Å². The van der Waals surface area contributed by atoms with E-state index in [0.29, 0.717) is 17.5 Å². The second-order valence-corrected chi connectivity index (χ2v) is 7.37. The van der Waals surface area contributed by atoms with Crippen molar-refractivity contribution in [3.8, 4) is 28.7 Å². The lowest BCUT2D eigenvalue weighted by Crippen LogP contribution is -2.38. The summed E-state index contributed by atoms with van der Waals surface area (Å²) in [6.07, 6.45) is 1.97. The van der Waals surface area contributed by atoms with Gasteiger partial charge in [-0.05, 0) is 60.9 Å². The average molecular weight is 411 g/mol. The van der Waals surface area contributed by atoms with E-state index in [1.165, 1.54) is 5.56 Å². The van der Waals surface area contributed by atoms with E-state index >= 15 is 0 Å². The third-order valence-electron chi connectivity index (χ3n) is 5.32. The quantitative estimate of drug-likeness (QED) is 0.474. The molecule has 5 rings (SSSR count). The number of amides is 1. The lowest BCUT2D eigenvalue weighted by atomic mass is 10.0. The number of para-hydroxylation sites is 1. The number of benzene rings is 3. The van der Waals surface area contributed by atoms with E-state index < -0.39 is 0 Å². The third kappa shape index (κ3) is 4.05. The molecule has 0 fully saturated rings. The van der Waals surface area contributed by atoms with Gasteiger partial charge in [-0.25, -0.2) is 0 Å². The minimum absolute atomic E-state index is 0.00755. The number of ether oxygens (including phenoxy) is 1. The van der Waals surface area contributed by atoms with E-state index in [2.05, 4.69) is 16.3 Å². The van der Waals surface area contributed by atoms with Crippen molar-refractivity contribution in [2.75, 3.05) is 18.1 Å². The summed E-state index contributed by atoms with van der Waals surface area (Å²) in [7, 11) is 0. The Morgan fingerprint density at radius 3 is 2.32 bits per heavy atom. The van der Waals surface area contributed by atoms with Crippen molar-refractivity contribution in [1.29, 1.82) is 0 Å². The van der Waals surface area contributed by atoms with Gasteiger partial charge in [0.15, 0.2) is 6.61 Å². The molecule has 154 valence electrons. The maximum Gasteiger partial charge on any atom is 0.264 e. The Morgan fingerprint density at radius 1 is 0.871 bits per heavy atom. The van der Waals surface area contributed by atoms with Gasteiger partial charge in [-0.1, -0.05) is 36.4 Å². The standard InChI is InChI=1S/C25H21N3O3/c29-23(28-16-6-10-18-7-4-5-11-22(18)28)17-30-21-14-12-20(13-15-21)25-27-26-24(31-25)19-8-2-1-3-9-19/h1-5,7-9,11-15H,6,10,16-17H2. The van der Waals surface area contributed by atoms with Crippen LogP contribution in [-0.2, 0) is 11.2 Å². The van der Waals surface area contributed by atoms with Crippen molar-refractivity contribution in [3.05, 3.63) is 84.4 Å². The van der Waals surface area contributed by atoms with E-state index in [-0.39, 0.29) is 12.5 Å². The van der Waals surface area contributed by atoms with Crippen LogP contribution < -0.4 is 9.64 Å². The summed E-state index contributed by atoms with van der Waals surface area (Å²) >= 11 is 0. The maximum absolute atomic E-state index is 12.7. The summed E-state index contributed by atoms with van der Waals surface area (Å²) in [4.78, 5) is 14.5. The maximum atomic E-state index is 12.7. The smallest absolute Gasteiger partial charge is 0.264 e. The minimum Gasteiger partial charge on any atom is -0.484 e. The molecule has 0 spiro atoms. The number of rotatable bonds is 5. The summed E-state index contributed by atoms with van der Waals surface area (Å²) in [6, 6.07) is 25.0. The van der Waals surface area contributed by atoms with E-state index in [4.69, 9.17) is 9.15 Å². The van der Waals surface area contributed by atoms with Crippen LogP contribution in [0.2, 0.25) is 0 Å². The first-order chi connectivity index (χ1) is 15.3. The summed E-state index contributed by atoms with van der Waals surface area (Å²) in [5.41, 5.74) is 3.86. The Balaban J connectivity index is 1.24. The Kier molecular flexibility index (Phi) is 5.19. The fourth-order valence-electron chi connectivity index (χ4n) is 3.75. The highest BCUT2D eigenvalue weighted by molar-refractivity contribution is 5.95. The minimum atomic E-state index is -0.0411. The highest BCUT2D eigenvalue weighted by atomic mass is 16.5. The molecule has 1 aromatic heterocycles. The highest BCUT2D eigenvalue weighted by Crippen LogP contribution is 2.28. The molecule has 2 heterocycles. The summed E-state index contributed by atoms with van der Waals surface area (Å²) in [5, 5.41) is 8.25. The van der Waals surface area contributed by atoms with Gasteiger partial charge in [-0.2, -0.15) is 0 Å². The Hall–Kier alpha value is -3.93. The van der Waals surface area contributed by atoms with Crippen LogP contribution in [0.4, 0.5) is 5.69 Å². The summed E-state index contributed by atoms with van der Waals surface area (Å²) in [5.74, 6) is 1.49. The Morgan fingerprint density at radius 2 is 1.55 bits per heavy atom. The molecule has 1 amide bonds. The molecule has 3 aromatic carbocycles. The number of hydrogen-bond donors (Lipinski definition) is 0. The molecule has 1 aliphatic rings. The van der Waals surface area contributed by atoms with Crippen molar-refractivity contribution in [2.45, 2.75) is 12.8 Å². The zero-order valence-corrected chi connectivity index (χ0v) is 16.9. The molecule has 0 bridgehead atoms. The van der Waals surface area contributed by atoms with Gasteiger partial charge in [0.25, 0.3) is 5.91 Å². The normalized spacial score (nSPS) is 13.0. The van der Waals surface area contributed by atoms with E-state index in [1.54, 1.807) is 12.1 Å². The first kappa shape index (κ1) is 19.1. The second-order valence-electron chi connectivity index (χ2n) is 7.37.